The van der Waals surface area contributed by atoms with Crippen LogP contribution in [-0.2, 0) is 9.59 Å². The maximum absolute atomic E-state index is 13.5. The summed E-state index contributed by atoms with van der Waals surface area (Å²) in [6, 6.07) is 25.7. The van der Waals surface area contributed by atoms with Crippen molar-refractivity contribution in [3.05, 3.63) is 120 Å². The Morgan fingerprint density at radius 2 is 1.17 bits per heavy atom. The number of nitrogens with zero attached hydrogens (tertiary/aromatic N) is 3. The molecule has 1 saturated heterocycles. The number of rotatable bonds is 5. The molecule has 0 unspecified atom stereocenters. The highest BCUT2D eigenvalue weighted by molar-refractivity contribution is 6.46. The zero-order valence-corrected chi connectivity index (χ0v) is 18.8. The molecule has 0 bridgehead atoms. The second kappa shape index (κ2) is 9.19. The minimum Gasteiger partial charge on any atom is -0.478 e. The van der Waals surface area contributed by atoms with Crippen molar-refractivity contribution in [3.63, 3.8) is 0 Å². The average molecular weight is 477 g/mol. The number of hydrogen-bond donors (Lipinski definition) is 1. The first-order valence-electron chi connectivity index (χ1n) is 11.0. The fourth-order valence-electron chi connectivity index (χ4n) is 4.00. The number of urea groups is 1. The van der Waals surface area contributed by atoms with E-state index in [-0.39, 0.29) is 11.1 Å². The molecule has 36 heavy (non-hydrogen) atoms. The van der Waals surface area contributed by atoms with Crippen molar-refractivity contribution in [2.45, 2.75) is 0 Å². The van der Waals surface area contributed by atoms with Gasteiger partial charge in [-0.25, -0.2) is 19.4 Å². The number of benzene rings is 3. The number of aromatic carboxylic acids is 1. The van der Waals surface area contributed by atoms with E-state index in [0.717, 1.165) is 9.80 Å². The van der Waals surface area contributed by atoms with Crippen molar-refractivity contribution in [2.75, 3.05) is 9.80 Å². The van der Waals surface area contributed by atoms with E-state index in [1.54, 1.807) is 95.7 Å². The van der Waals surface area contributed by atoms with Crippen LogP contribution in [0, 0.1) is 0 Å². The first-order valence-corrected chi connectivity index (χ1v) is 11.0. The van der Waals surface area contributed by atoms with Gasteiger partial charge in [0.2, 0.25) is 0 Å². The van der Waals surface area contributed by atoms with Crippen molar-refractivity contribution < 1.29 is 24.3 Å². The smallest absolute Gasteiger partial charge is 0.343 e. The van der Waals surface area contributed by atoms with Gasteiger partial charge in [-0.1, -0.05) is 36.4 Å². The third-order valence-corrected chi connectivity index (χ3v) is 5.74. The molecule has 1 aromatic heterocycles. The standard InChI is InChI=1S/C28H19N3O5/c32-25-24(18-23-12-7-17-29(23)20-15-13-19(14-16-20)27(34)35)26(33)31(22-10-5-2-6-11-22)28(36)30(25)21-8-3-1-4-9-21/h1-18H,(H,34,35). The van der Waals surface area contributed by atoms with E-state index in [0.29, 0.717) is 22.8 Å². The molecule has 0 spiro atoms. The molecule has 0 radical (unpaired) electrons. The molecule has 2 heterocycles. The maximum Gasteiger partial charge on any atom is 0.343 e. The molecule has 1 fully saturated rings. The minimum absolute atomic E-state index is 0.138. The number of aromatic nitrogens is 1. The lowest BCUT2D eigenvalue weighted by Crippen LogP contribution is -2.57. The lowest BCUT2D eigenvalue weighted by atomic mass is 10.1. The molecule has 8 heteroatoms. The molecule has 1 N–H and O–H groups in total. The van der Waals surface area contributed by atoms with Crippen molar-refractivity contribution in [1.29, 1.82) is 0 Å². The van der Waals surface area contributed by atoms with E-state index < -0.39 is 23.8 Å². The molecule has 5 rings (SSSR count). The third kappa shape index (κ3) is 3.97. The van der Waals surface area contributed by atoms with Crippen LogP contribution in [0.25, 0.3) is 11.8 Å². The van der Waals surface area contributed by atoms with Gasteiger partial charge in [-0.05, 0) is 66.7 Å². The Balaban J connectivity index is 1.62. The van der Waals surface area contributed by atoms with Crippen LogP contribution in [0.2, 0.25) is 0 Å². The average Bonchev–Trinajstić information content (AvgIpc) is 3.36. The quantitative estimate of drug-likeness (QED) is 0.330. The topological polar surface area (TPSA) is 99.9 Å². The zero-order valence-electron chi connectivity index (χ0n) is 18.8. The number of carboxylic acids is 1. The first-order chi connectivity index (χ1) is 17.5. The van der Waals surface area contributed by atoms with Crippen LogP contribution >= 0.6 is 0 Å². The van der Waals surface area contributed by atoms with Crippen molar-refractivity contribution in [3.8, 4) is 5.69 Å². The van der Waals surface area contributed by atoms with Gasteiger partial charge in [-0.2, -0.15) is 0 Å². The molecule has 0 atom stereocenters. The summed E-state index contributed by atoms with van der Waals surface area (Å²) in [4.78, 5) is 53.6. The van der Waals surface area contributed by atoms with Gasteiger partial charge in [0, 0.05) is 17.6 Å². The molecule has 0 saturated carbocycles. The fraction of sp³-hybridized carbons (Fsp3) is 0. The number of hydrogen-bond acceptors (Lipinski definition) is 4. The molecule has 1 aliphatic heterocycles. The van der Waals surface area contributed by atoms with Crippen LogP contribution in [0.5, 0.6) is 0 Å². The minimum atomic E-state index is -1.04. The second-order valence-corrected chi connectivity index (χ2v) is 7.95. The van der Waals surface area contributed by atoms with Crippen LogP contribution in [0.15, 0.2) is 109 Å². The fourth-order valence-corrected chi connectivity index (χ4v) is 4.00. The number of carbonyl (C=O) groups is 4. The Labute approximate surface area is 205 Å². The Hall–Kier alpha value is -5.24. The molecule has 1 aliphatic rings. The summed E-state index contributed by atoms with van der Waals surface area (Å²) >= 11 is 0. The first kappa shape index (κ1) is 22.5. The Morgan fingerprint density at radius 3 is 1.67 bits per heavy atom. The maximum atomic E-state index is 13.5. The van der Waals surface area contributed by atoms with E-state index in [1.165, 1.54) is 18.2 Å². The molecule has 0 aliphatic carbocycles. The van der Waals surface area contributed by atoms with E-state index >= 15 is 0 Å². The lowest BCUT2D eigenvalue weighted by Gasteiger charge is -2.33. The molecule has 4 amide bonds. The Kier molecular flexibility index (Phi) is 5.75. The van der Waals surface area contributed by atoms with Crippen molar-refractivity contribution in [1.82, 2.24) is 4.57 Å². The van der Waals surface area contributed by atoms with Crippen molar-refractivity contribution >= 4 is 41.3 Å². The zero-order chi connectivity index (χ0) is 25.2. The summed E-state index contributed by atoms with van der Waals surface area (Å²) in [5, 5.41) is 9.17. The van der Waals surface area contributed by atoms with Gasteiger partial charge in [0.25, 0.3) is 11.8 Å². The number of para-hydroxylation sites is 2. The SMILES string of the molecule is O=C(O)c1ccc(-n2cccc2C=C2C(=O)N(c3ccccc3)C(=O)N(c3ccccc3)C2=O)cc1. The van der Waals surface area contributed by atoms with Gasteiger partial charge in [0.15, 0.2) is 0 Å². The summed E-state index contributed by atoms with van der Waals surface area (Å²) in [5.41, 5.74) is 1.77. The van der Waals surface area contributed by atoms with Crippen LogP contribution in [0.4, 0.5) is 16.2 Å². The number of anilines is 2. The Bertz CT molecular complexity index is 1440. The van der Waals surface area contributed by atoms with E-state index in [1.807, 2.05) is 0 Å². The second-order valence-electron chi connectivity index (χ2n) is 7.95. The largest absolute Gasteiger partial charge is 0.478 e. The Morgan fingerprint density at radius 1 is 0.639 bits per heavy atom. The highest BCUT2D eigenvalue weighted by atomic mass is 16.4. The van der Waals surface area contributed by atoms with E-state index in [4.69, 9.17) is 5.11 Å². The number of carboxylic acid groups (broad SMARTS) is 1. The molecule has 4 aromatic rings. The van der Waals surface area contributed by atoms with Crippen LogP contribution in [-0.4, -0.2) is 33.5 Å². The number of barbiturate groups is 1. The molecular weight excluding hydrogens is 458 g/mol. The van der Waals surface area contributed by atoms with Crippen LogP contribution < -0.4 is 9.80 Å². The van der Waals surface area contributed by atoms with Gasteiger partial charge in [-0.3, -0.25) is 9.59 Å². The van der Waals surface area contributed by atoms with Gasteiger partial charge in [-0.15, -0.1) is 0 Å². The van der Waals surface area contributed by atoms with Gasteiger partial charge in [0.05, 0.1) is 16.9 Å². The lowest BCUT2D eigenvalue weighted by molar-refractivity contribution is -0.121. The normalized spacial score (nSPS) is 13.8. The number of amides is 4. The predicted molar refractivity (Wildman–Crippen MR) is 134 cm³/mol. The van der Waals surface area contributed by atoms with E-state index in [9.17, 15) is 19.2 Å². The molecule has 176 valence electrons. The third-order valence-electron chi connectivity index (χ3n) is 5.74. The summed E-state index contributed by atoms with van der Waals surface area (Å²) in [7, 11) is 0. The number of imide groups is 2. The molecular formula is C28H19N3O5. The number of carbonyl (C=O) groups excluding carboxylic acids is 3. The van der Waals surface area contributed by atoms with E-state index in [2.05, 4.69) is 0 Å². The highest BCUT2D eigenvalue weighted by Gasteiger charge is 2.43. The molecule has 3 aromatic carbocycles. The highest BCUT2D eigenvalue weighted by Crippen LogP contribution is 2.30. The molecule has 8 nitrogen and oxygen atoms in total. The summed E-state index contributed by atoms with van der Waals surface area (Å²) in [6.45, 7) is 0. The van der Waals surface area contributed by atoms with Crippen LogP contribution in [0.1, 0.15) is 16.1 Å². The monoisotopic (exact) mass is 477 g/mol. The van der Waals surface area contributed by atoms with Gasteiger partial charge in [0.1, 0.15) is 5.57 Å². The summed E-state index contributed by atoms with van der Waals surface area (Å²) in [5.74, 6) is -2.52. The summed E-state index contributed by atoms with van der Waals surface area (Å²) in [6.07, 6.45) is 3.17. The van der Waals surface area contributed by atoms with Gasteiger partial charge < -0.3 is 9.67 Å². The van der Waals surface area contributed by atoms with Crippen molar-refractivity contribution in [2.24, 2.45) is 0 Å². The predicted octanol–water partition coefficient (Wildman–Crippen LogP) is 4.76. The van der Waals surface area contributed by atoms with Gasteiger partial charge >= 0.3 is 12.0 Å². The van der Waals surface area contributed by atoms with Crippen LogP contribution in [0.3, 0.4) is 0 Å². The summed E-state index contributed by atoms with van der Waals surface area (Å²) < 4.78 is 1.72.